The summed E-state index contributed by atoms with van der Waals surface area (Å²) in [7, 11) is 0. The number of hydrogen-bond acceptors (Lipinski definition) is 2. The zero-order chi connectivity index (χ0) is 12.1. The van der Waals surface area contributed by atoms with Crippen LogP contribution >= 0.6 is 11.3 Å². The van der Waals surface area contributed by atoms with E-state index in [0.29, 0.717) is 6.04 Å². The summed E-state index contributed by atoms with van der Waals surface area (Å²) in [6, 6.07) is 2.85. The average Bonchev–Trinajstić information content (AvgIpc) is 2.95. The number of thiophene rings is 1. The lowest BCUT2D eigenvalue weighted by Crippen LogP contribution is -2.21. The molecule has 1 unspecified atom stereocenters. The highest BCUT2D eigenvalue weighted by atomic mass is 32.1. The lowest BCUT2D eigenvalue weighted by atomic mass is 9.97. The van der Waals surface area contributed by atoms with Gasteiger partial charge in [0.05, 0.1) is 0 Å². The van der Waals surface area contributed by atoms with Gasteiger partial charge in [-0.1, -0.05) is 32.6 Å². The van der Waals surface area contributed by atoms with Crippen LogP contribution in [-0.4, -0.2) is 6.54 Å². The van der Waals surface area contributed by atoms with Crippen molar-refractivity contribution in [1.29, 1.82) is 0 Å². The third-order valence-electron chi connectivity index (χ3n) is 4.01. The van der Waals surface area contributed by atoms with E-state index in [2.05, 4.69) is 30.6 Å². The lowest BCUT2D eigenvalue weighted by molar-refractivity contribution is 0.419. The molecule has 0 saturated heterocycles. The van der Waals surface area contributed by atoms with E-state index in [9.17, 15) is 0 Å². The van der Waals surface area contributed by atoms with Crippen LogP contribution < -0.4 is 5.32 Å². The topological polar surface area (TPSA) is 12.0 Å². The minimum absolute atomic E-state index is 0.598. The summed E-state index contributed by atoms with van der Waals surface area (Å²) in [6.07, 6.45) is 8.61. The first-order valence-corrected chi connectivity index (χ1v) is 7.96. The zero-order valence-corrected chi connectivity index (χ0v) is 12.0. The van der Waals surface area contributed by atoms with Gasteiger partial charge in [-0.25, -0.2) is 0 Å². The maximum absolute atomic E-state index is 3.66. The second-order valence-corrected chi connectivity index (χ2v) is 6.25. The van der Waals surface area contributed by atoms with Gasteiger partial charge >= 0.3 is 0 Å². The van der Waals surface area contributed by atoms with Gasteiger partial charge in [0.2, 0.25) is 0 Å². The molecule has 0 amide bonds. The normalized spacial score (nSPS) is 18.7. The van der Waals surface area contributed by atoms with Crippen molar-refractivity contribution in [2.75, 3.05) is 6.54 Å². The van der Waals surface area contributed by atoms with Crippen LogP contribution in [0.15, 0.2) is 11.4 Å². The molecule has 1 heterocycles. The largest absolute Gasteiger partial charge is 0.310 e. The Morgan fingerprint density at radius 2 is 2.18 bits per heavy atom. The first-order chi connectivity index (χ1) is 8.31. The molecule has 1 fully saturated rings. The summed E-state index contributed by atoms with van der Waals surface area (Å²) in [5.41, 5.74) is 1.47. The summed E-state index contributed by atoms with van der Waals surface area (Å²) < 4.78 is 0. The van der Waals surface area contributed by atoms with Gasteiger partial charge in [0.25, 0.3) is 0 Å². The molecule has 96 valence electrons. The van der Waals surface area contributed by atoms with Crippen LogP contribution in [0.5, 0.6) is 0 Å². The Morgan fingerprint density at radius 1 is 1.41 bits per heavy atom. The van der Waals surface area contributed by atoms with Crippen molar-refractivity contribution in [1.82, 2.24) is 5.32 Å². The van der Waals surface area contributed by atoms with Gasteiger partial charge in [-0.2, -0.15) is 0 Å². The molecule has 1 aliphatic rings. The van der Waals surface area contributed by atoms with Gasteiger partial charge in [-0.05, 0) is 49.2 Å². The molecule has 0 aromatic carbocycles. The van der Waals surface area contributed by atoms with Gasteiger partial charge in [-0.15, -0.1) is 11.3 Å². The third-order valence-corrected chi connectivity index (χ3v) is 5.14. The van der Waals surface area contributed by atoms with E-state index in [-0.39, 0.29) is 0 Å². The van der Waals surface area contributed by atoms with Crippen molar-refractivity contribution in [2.45, 2.75) is 58.4 Å². The van der Waals surface area contributed by atoms with Crippen LogP contribution in [0.1, 0.15) is 61.9 Å². The van der Waals surface area contributed by atoms with Crippen LogP contribution in [-0.2, 0) is 0 Å². The van der Waals surface area contributed by atoms with E-state index in [0.717, 1.165) is 12.5 Å². The highest BCUT2D eigenvalue weighted by Gasteiger charge is 2.19. The Balaban J connectivity index is 1.90. The first kappa shape index (κ1) is 13.1. The molecule has 1 nitrogen and oxygen atoms in total. The molecular weight excluding hydrogens is 226 g/mol. The molecule has 1 N–H and O–H groups in total. The second-order valence-electron chi connectivity index (χ2n) is 5.31. The monoisotopic (exact) mass is 251 g/mol. The second kappa shape index (κ2) is 6.55. The molecule has 0 spiro atoms. The van der Waals surface area contributed by atoms with Crippen molar-refractivity contribution < 1.29 is 0 Å². The van der Waals surface area contributed by atoms with Crippen molar-refractivity contribution >= 4 is 11.3 Å². The Kier molecular flexibility index (Phi) is 5.05. The summed E-state index contributed by atoms with van der Waals surface area (Å²) in [6.45, 7) is 5.53. The van der Waals surface area contributed by atoms with Gasteiger partial charge < -0.3 is 5.32 Å². The number of hydrogen-bond donors (Lipinski definition) is 1. The molecule has 17 heavy (non-hydrogen) atoms. The highest BCUT2D eigenvalue weighted by Crippen LogP contribution is 2.33. The molecule has 1 aromatic rings. The van der Waals surface area contributed by atoms with Crippen molar-refractivity contribution in [3.05, 3.63) is 21.9 Å². The van der Waals surface area contributed by atoms with E-state index in [1.54, 1.807) is 4.88 Å². The standard InChI is InChI=1S/C15H25NS/c1-3-16-14(15-12(2)10-11-17-15)9-8-13-6-4-5-7-13/h10-11,13-14,16H,3-9H2,1-2H3. The number of nitrogens with one attached hydrogen (secondary N) is 1. The summed E-state index contributed by atoms with van der Waals surface area (Å²) in [4.78, 5) is 1.56. The molecule has 1 aromatic heterocycles. The summed E-state index contributed by atoms with van der Waals surface area (Å²) in [5.74, 6) is 1.01. The molecule has 1 aliphatic carbocycles. The smallest absolute Gasteiger partial charge is 0.0417 e. The minimum Gasteiger partial charge on any atom is -0.310 e. The summed E-state index contributed by atoms with van der Waals surface area (Å²) >= 11 is 1.92. The Bertz CT molecular complexity index is 325. The predicted molar refractivity (Wildman–Crippen MR) is 76.7 cm³/mol. The number of aryl methyl sites for hydroxylation is 1. The first-order valence-electron chi connectivity index (χ1n) is 7.08. The van der Waals surface area contributed by atoms with Gasteiger partial charge in [0.15, 0.2) is 0 Å². The molecule has 0 aliphatic heterocycles. The van der Waals surface area contributed by atoms with Crippen molar-refractivity contribution in [3.63, 3.8) is 0 Å². The van der Waals surface area contributed by atoms with Gasteiger partial charge in [-0.3, -0.25) is 0 Å². The van der Waals surface area contributed by atoms with Crippen LogP contribution in [0.4, 0.5) is 0 Å². The predicted octanol–water partition coefficient (Wildman–Crippen LogP) is 4.68. The van der Waals surface area contributed by atoms with Crippen LogP contribution in [0.2, 0.25) is 0 Å². The molecule has 0 radical (unpaired) electrons. The fraction of sp³-hybridized carbons (Fsp3) is 0.733. The van der Waals surface area contributed by atoms with Crippen LogP contribution in [0.3, 0.4) is 0 Å². The van der Waals surface area contributed by atoms with Crippen molar-refractivity contribution in [3.8, 4) is 0 Å². The molecule has 2 heteroatoms. The van der Waals surface area contributed by atoms with E-state index in [4.69, 9.17) is 0 Å². The zero-order valence-electron chi connectivity index (χ0n) is 11.2. The minimum atomic E-state index is 0.598. The van der Waals surface area contributed by atoms with Gasteiger partial charge in [0, 0.05) is 10.9 Å². The van der Waals surface area contributed by atoms with Crippen molar-refractivity contribution in [2.24, 2.45) is 5.92 Å². The maximum atomic E-state index is 3.66. The van der Waals surface area contributed by atoms with Gasteiger partial charge in [0.1, 0.15) is 0 Å². The molecule has 0 bridgehead atoms. The van der Waals surface area contributed by atoms with Crippen LogP contribution in [0, 0.1) is 12.8 Å². The fourth-order valence-electron chi connectivity index (χ4n) is 3.02. The molecule has 2 rings (SSSR count). The molecular formula is C15H25NS. The molecule has 1 atom stereocenters. The van der Waals surface area contributed by atoms with E-state index >= 15 is 0 Å². The number of rotatable bonds is 6. The summed E-state index contributed by atoms with van der Waals surface area (Å²) in [5, 5.41) is 5.89. The molecule has 1 saturated carbocycles. The fourth-order valence-corrected chi connectivity index (χ4v) is 4.05. The quantitative estimate of drug-likeness (QED) is 0.774. The van der Waals surface area contributed by atoms with E-state index in [1.807, 2.05) is 11.3 Å². The maximum Gasteiger partial charge on any atom is 0.0417 e. The Hall–Kier alpha value is -0.340. The highest BCUT2D eigenvalue weighted by molar-refractivity contribution is 7.10. The Morgan fingerprint density at radius 3 is 2.76 bits per heavy atom. The van der Waals surface area contributed by atoms with E-state index in [1.165, 1.54) is 44.1 Å². The third kappa shape index (κ3) is 3.56. The Labute approximate surface area is 110 Å². The van der Waals surface area contributed by atoms with Crippen LogP contribution in [0.25, 0.3) is 0 Å². The average molecular weight is 251 g/mol. The van der Waals surface area contributed by atoms with E-state index < -0.39 is 0 Å². The SMILES string of the molecule is CCNC(CCC1CCCC1)c1sccc1C. The lowest BCUT2D eigenvalue weighted by Gasteiger charge is -2.19.